The molecule has 1 aromatic rings. The molecule has 2 rings (SSSR count). The summed E-state index contributed by atoms with van der Waals surface area (Å²) < 4.78 is 5.32. The van der Waals surface area contributed by atoms with Crippen molar-refractivity contribution in [2.45, 2.75) is 45.4 Å². The molecule has 0 radical (unpaired) electrons. The van der Waals surface area contributed by atoms with Gasteiger partial charge in [-0.1, -0.05) is 38.1 Å². The zero-order chi connectivity index (χ0) is 17.4. The van der Waals surface area contributed by atoms with Crippen LogP contribution in [0.15, 0.2) is 24.3 Å². The Bertz CT molecular complexity index is 499. The Labute approximate surface area is 146 Å². The zero-order valence-electron chi connectivity index (χ0n) is 15.4. The highest BCUT2D eigenvalue weighted by Gasteiger charge is 2.39. The lowest BCUT2D eigenvalue weighted by atomic mass is 9.78. The molecule has 0 aliphatic carbocycles. The number of rotatable bonds is 8. The van der Waals surface area contributed by atoms with Crippen LogP contribution in [0.25, 0.3) is 0 Å². The first-order valence-corrected chi connectivity index (χ1v) is 9.14. The smallest absolute Gasteiger partial charge is 0.228 e. The quantitative estimate of drug-likeness (QED) is 0.720. The normalized spacial score (nSPS) is 17.0. The Morgan fingerprint density at radius 2 is 1.92 bits per heavy atom. The Hall–Kier alpha value is -1.39. The van der Waals surface area contributed by atoms with Crippen LogP contribution < -0.4 is 10.6 Å². The highest BCUT2D eigenvalue weighted by atomic mass is 16.5. The molecule has 4 heteroatoms. The van der Waals surface area contributed by atoms with E-state index in [1.54, 1.807) is 7.11 Å². The van der Waals surface area contributed by atoms with E-state index in [0.29, 0.717) is 12.5 Å². The van der Waals surface area contributed by atoms with Crippen LogP contribution in [0.3, 0.4) is 0 Å². The number of methoxy groups -OCH3 is 1. The van der Waals surface area contributed by atoms with Gasteiger partial charge in [0.25, 0.3) is 0 Å². The van der Waals surface area contributed by atoms with E-state index in [-0.39, 0.29) is 11.3 Å². The number of carbonyl (C=O) groups is 1. The lowest BCUT2D eigenvalue weighted by molar-refractivity contribution is -0.136. The first kappa shape index (κ1) is 18.9. The van der Waals surface area contributed by atoms with Gasteiger partial charge in [-0.15, -0.1) is 0 Å². The van der Waals surface area contributed by atoms with Crippen LogP contribution in [0.4, 0.5) is 0 Å². The largest absolute Gasteiger partial charge is 0.384 e. The second kappa shape index (κ2) is 9.19. The average molecular weight is 332 g/mol. The predicted octanol–water partition coefficient (Wildman–Crippen LogP) is 2.88. The SMILES string of the molecule is COCC1(C(=O)NCCCc2ccc(C(C)C)cc2)CCNCC1. The fraction of sp³-hybridized carbons (Fsp3) is 0.650. The number of benzene rings is 1. The van der Waals surface area contributed by atoms with E-state index in [0.717, 1.165) is 45.3 Å². The fourth-order valence-corrected chi connectivity index (χ4v) is 3.37. The number of piperidine rings is 1. The van der Waals surface area contributed by atoms with Crippen molar-refractivity contribution in [3.63, 3.8) is 0 Å². The summed E-state index contributed by atoms with van der Waals surface area (Å²) in [6, 6.07) is 8.83. The molecule has 1 saturated heterocycles. The molecule has 0 saturated carbocycles. The second-order valence-electron chi connectivity index (χ2n) is 7.22. The van der Waals surface area contributed by atoms with Gasteiger partial charge in [0.2, 0.25) is 5.91 Å². The predicted molar refractivity (Wildman–Crippen MR) is 98.3 cm³/mol. The van der Waals surface area contributed by atoms with Crippen molar-refractivity contribution in [2.75, 3.05) is 33.4 Å². The monoisotopic (exact) mass is 332 g/mol. The van der Waals surface area contributed by atoms with Crippen molar-refractivity contribution in [2.24, 2.45) is 5.41 Å². The molecule has 1 amide bonds. The molecule has 1 aliphatic heterocycles. The maximum absolute atomic E-state index is 12.6. The van der Waals surface area contributed by atoms with Crippen LogP contribution in [0.5, 0.6) is 0 Å². The van der Waals surface area contributed by atoms with Crippen molar-refractivity contribution in [1.29, 1.82) is 0 Å². The topological polar surface area (TPSA) is 50.4 Å². The van der Waals surface area contributed by atoms with Gasteiger partial charge in [0.05, 0.1) is 12.0 Å². The number of carbonyl (C=O) groups excluding carboxylic acids is 1. The maximum Gasteiger partial charge on any atom is 0.228 e. The van der Waals surface area contributed by atoms with Crippen LogP contribution in [0, 0.1) is 5.41 Å². The zero-order valence-corrected chi connectivity index (χ0v) is 15.4. The molecule has 0 bridgehead atoms. The van der Waals surface area contributed by atoms with Crippen LogP contribution in [-0.2, 0) is 16.0 Å². The third kappa shape index (κ3) is 5.05. The van der Waals surface area contributed by atoms with E-state index < -0.39 is 0 Å². The lowest BCUT2D eigenvalue weighted by Gasteiger charge is -2.35. The third-order valence-corrected chi connectivity index (χ3v) is 5.04. The summed E-state index contributed by atoms with van der Waals surface area (Å²) in [6.45, 7) is 7.43. The molecule has 0 unspecified atom stereocenters. The molecule has 1 heterocycles. The van der Waals surface area contributed by atoms with Crippen molar-refractivity contribution < 1.29 is 9.53 Å². The second-order valence-corrected chi connectivity index (χ2v) is 7.22. The minimum atomic E-state index is -0.348. The summed E-state index contributed by atoms with van der Waals surface area (Å²) in [6.07, 6.45) is 3.66. The lowest BCUT2D eigenvalue weighted by Crippen LogP contribution is -2.50. The van der Waals surface area contributed by atoms with Gasteiger partial charge in [0.1, 0.15) is 0 Å². The first-order chi connectivity index (χ1) is 11.6. The highest BCUT2D eigenvalue weighted by Crippen LogP contribution is 2.29. The van der Waals surface area contributed by atoms with Crippen LogP contribution >= 0.6 is 0 Å². The van der Waals surface area contributed by atoms with Crippen molar-refractivity contribution in [1.82, 2.24) is 10.6 Å². The third-order valence-electron chi connectivity index (χ3n) is 5.04. The Morgan fingerprint density at radius 1 is 1.25 bits per heavy atom. The fourth-order valence-electron chi connectivity index (χ4n) is 3.37. The summed E-state index contributed by atoms with van der Waals surface area (Å²) in [5, 5.41) is 6.45. The number of ether oxygens (including phenoxy) is 1. The number of aryl methyl sites for hydroxylation is 1. The van der Waals surface area contributed by atoms with Gasteiger partial charge < -0.3 is 15.4 Å². The first-order valence-electron chi connectivity index (χ1n) is 9.14. The van der Waals surface area contributed by atoms with Gasteiger partial charge in [0, 0.05) is 13.7 Å². The minimum Gasteiger partial charge on any atom is -0.384 e. The molecule has 1 aromatic carbocycles. The standard InChI is InChI=1S/C20H32N2O2/c1-16(2)18-8-6-17(7-9-18)5-4-12-22-19(23)20(15-24-3)10-13-21-14-11-20/h6-9,16,21H,4-5,10-15H2,1-3H3,(H,22,23). The van der Waals surface area contributed by atoms with E-state index in [9.17, 15) is 4.79 Å². The molecule has 0 spiro atoms. The van der Waals surface area contributed by atoms with Gasteiger partial charge in [0.15, 0.2) is 0 Å². The van der Waals surface area contributed by atoms with Gasteiger partial charge >= 0.3 is 0 Å². The summed E-state index contributed by atoms with van der Waals surface area (Å²) in [7, 11) is 1.68. The summed E-state index contributed by atoms with van der Waals surface area (Å²) in [4.78, 5) is 12.6. The van der Waals surface area contributed by atoms with Crippen LogP contribution in [-0.4, -0.2) is 39.3 Å². The number of hydrogen-bond acceptors (Lipinski definition) is 3. The molecular formula is C20H32N2O2. The van der Waals surface area contributed by atoms with E-state index in [4.69, 9.17) is 4.74 Å². The van der Waals surface area contributed by atoms with Crippen molar-refractivity contribution in [3.05, 3.63) is 35.4 Å². The van der Waals surface area contributed by atoms with Gasteiger partial charge in [-0.25, -0.2) is 0 Å². The number of amides is 1. The molecule has 0 atom stereocenters. The molecule has 4 nitrogen and oxygen atoms in total. The van der Waals surface area contributed by atoms with Crippen molar-refractivity contribution in [3.8, 4) is 0 Å². The van der Waals surface area contributed by atoms with Gasteiger partial charge in [-0.3, -0.25) is 4.79 Å². The molecule has 134 valence electrons. The van der Waals surface area contributed by atoms with Gasteiger partial charge in [-0.2, -0.15) is 0 Å². The molecule has 2 N–H and O–H groups in total. The highest BCUT2D eigenvalue weighted by molar-refractivity contribution is 5.83. The van der Waals surface area contributed by atoms with E-state index >= 15 is 0 Å². The van der Waals surface area contributed by atoms with Crippen LogP contribution in [0.2, 0.25) is 0 Å². The number of nitrogens with one attached hydrogen (secondary N) is 2. The minimum absolute atomic E-state index is 0.154. The average Bonchev–Trinajstić information content (AvgIpc) is 2.60. The maximum atomic E-state index is 12.6. The summed E-state index contributed by atoms with van der Waals surface area (Å²) >= 11 is 0. The molecular weight excluding hydrogens is 300 g/mol. The van der Waals surface area contributed by atoms with Gasteiger partial charge in [-0.05, 0) is 55.8 Å². The van der Waals surface area contributed by atoms with E-state index in [2.05, 4.69) is 48.7 Å². The van der Waals surface area contributed by atoms with E-state index in [1.807, 2.05) is 0 Å². The Morgan fingerprint density at radius 3 is 2.50 bits per heavy atom. The molecule has 24 heavy (non-hydrogen) atoms. The van der Waals surface area contributed by atoms with Crippen molar-refractivity contribution >= 4 is 5.91 Å². The molecule has 1 aliphatic rings. The Kier molecular flexibility index (Phi) is 7.25. The molecule has 1 fully saturated rings. The van der Waals surface area contributed by atoms with Crippen LogP contribution in [0.1, 0.15) is 50.2 Å². The summed E-state index contributed by atoms with van der Waals surface area (Å²) in [5.74, 6) is 0.723. The number of hydrogen-bond donors (Lipinski definition) is 2. The summed E-state index contributed by atoms with van der Waals surface area (Å²) in [5.41, 5.74) is 2.36. The van der Waals surface area contributed by atoms with E-state index in [1.165, 1.54) is 11.1 Å². The molecule has 0 aromatic heterocycles. The Balaban J connectivity index is 1.77.